The molecule has 4 aromatic rings. The molecular formula is C30H24O8. The van der Waals surface area contributed by atoms with Gasteiger partial charge in [0.25, 0.3) is 0 Å². The molecule has 0 N–H and O–H groups in total. The van der Waals surface area contributed by atoms with E-state index in [1.165, 1.54) is 42.7 Å². The smallest absolute Gasteiger partial charge is 0.232 e. The van der Waals surface area contributed by atoms with Gasteiger partial charge in [-0.1, -0.05) is 24.3 Å². The minimum absolute atomic E-state index is 0.0440. The van der Waals surface area contributed by atoms with E-state index in [1.54, 1.807) is 12.1 Å². The highest BCUT2D eigenvalue weighted by Gasteiger charge is 2.42. The van der Waals surface area contributed by atoms with Crippen LogP contribution >= 0.6 is 0 Å². The average Bonchev–Trinajstić information content (AvgIpc) is 2.95. The van der Waals surface area contributed by atoms with Crippen molar-refractivity contribution in [3.05, 3.63) is 64.4 Å². The summed E-state index contributed by atoms with van der Waals surface area (Å²) in [7, 11) is 8.96. The molecule has 0 fully saturated rings. The summed E-state index contributed by atoms with van der Waals surface area (Å²) < 4.78 is 34.4. The Morgan fingerprint density at radius 3 is 1.58 bits per heavy atom. The van der Waals surface area contributed by atoms with Gasteiger partial charge >= 0.3 is 0 Å². The molecule has 0 bridgehead atoms. The topological polar surface area (TPSA) is 89.5 Å². The van der Waals surface area contributed by atoms with Crippen LogP contribution < -0.4 is 18.9 Å². The molecule has 38 heavy (non-hydrogen) atoms. The van der Waals surface area contributed by atoms with E-state index in [9.17, 15) is 9.59 Å². The van der Waals surface area contributed by atoms with Crippen molar-refractivity contribution in [2.24, 2.45) is 0 Å². The van der Waals surface area contributed by atoms with Gasteiger partial charge < -0.3 is 28.4 Å². The van der Waals surface area contributed by atoms with Gasteiger partial charge in [0.1, 0.15) is 0 Å². The Kier molecular flexibility index (Phi) is 5.24. The van der Waals surface area contributed by atoms with E-state index in [0.29, 0.717) is 77.9 Å². The van der Waals surface area contributed by atoms with Gasteiger partial charge in [0.05, 0.1) is 53.8 Å². The first kappa shape index (κ1) is 23.7. The summed E-state index contributed by atoms with van der Waals surface area (Å²) in [5, 5.41) is 2.36. The Bertz CT molecular complexity index is 1760. The molecule has 2 aliphatic carbocycles. The quantitative estimate of drug-likeness (QED) is 0.280. The third-order valence-electron chi connectivity index (χ3n) is 7.33. The molecule has 2 aliphatic rings. The Morgan fingerprint density at radius 2 is 1.03 bits per heavy atom. The number of methoxy groups -OCH3 is 6. The van der Waals surface area contributed by atoms with Crippen LogP contribution in [0.1, 0.15) is 31.8 Å². The molecular weight excluding hydrogens is 488 g/mol. The molecule has 0 atom stereocenters. The summed E-state index contributed by atoms with van der Waals surface area (Å²) in [6.45, 7) is 0. The number of ether oxygens (including phenoxy) is 6. The van der Waals surface area contributed by atoms with Gasteiger partial charge in [0.15, 0.2) is 34.5 Å². The number of fused-ring (bicyclic) bond motifs is 5. The predicted octanol–water partition coefficient (Wildman–Crippen LogP) is 5.40. The monoisotopic (exact) mass is 512 g/mol. The lowest BCUT2D eigenvalue weighted by Crippen LogP contribution is -2.21. The fourth-order valence-corrected chi connectivity index (χ4v) is 5.92. The largest absolute Gasteiger partial charge is 0.493 e. The van der Waals surface area contributed by atoms with Crippen LogP contribution in [-0.4, -0.2) is 54.2 Å². The maximum Gasteiger partial charge on any atom is 0.232 e. The summed E-state index contributed by atoms with van der Waals surface area (Å²) in [4.78, 5) is 28.4. The molecule has 0 radical (unpaired) electrons. The molecule has 6 rings (SSSR count). The van der Waals surface area contributed by atoms with Gasteiger partial charge in [-0.05, 0) is 22.9 Å². The Balaban J connectivity index is 1.99. The van der Waals surface area contributed by atoms with Crippen molar-refractivity contribution < 1.29 is 38.0 Å². The minimum Gasteiger partial charge on any atom is -0.493 e. The highest BCUT2D eigenvalue weighted by molar-refractivity contribution is 6.40. The van der Waals surface area contributed by atoms with Crippen molar-refractivity contribution in [3.63, 3.8) is 0 Å². The van der Waals surface area contributed by atoms with Crippen LogP contribution in [-0.2, 0) is 9.47 Å². The zero-order chi connectivity index (χ0) is 26.9. The SMILES string of the molecule is COC1=C(OC)c2c(OC)c(OC)c3c4c(c5ccccc5c(c24)C1=O)C(=O)c1c-3ccc(OC)c1OC. The molecule has 0 saturated carbocycles. The van der Waals surface area contributed by atoms with E-state index in [1.807, 2.05) is 24.3 Å². The van der Waals surface area contributed by atoms with Gasteiger partial charge in [-0.3, -0.25) is 9.59 Å². The normalized spacial score (nSPS) is 13.5. The second kappa shape index (κ2) is 8.41. The molecule has 192 valence electrons. The van der Waals surface area contributed by atoms with Crippen molar-refractivity contribution in [2.45, 2.75) is 0 Å². The summed E-state index contributed by atoms with van der Waals surface area (Å²) in [6.07, 6.45) is 0. The molecule has 0 spiro atoms. The number of hydrogen-bond donors (Lipinski definition) is 0. The lowest BCUT2D eigenvalue weighted by atomic mass is 9.74. The highest BCUT2D eigenvalue weighted by Crippen LogP contribution is 2.58. The molecule has 0 amide bonds. The van der Waals surface area contributed by atoms with Crippen LogP contribution in [0.25, 0.3) is 38.4 Å². The summed E-state index contributed by atoms with van der Waals surface area (Å²) in [6, 6.07) is 10.9. The fraction of sp³-hybridized carbons (Fsp3) is 0.200. The first-order chi connectivity index (χ1) is 18.5. The molecule has 8 heteroatoms. The summed E-state index contributed by atoms with van der Waals surface area (Å²) in [5.41, 5.74) is 2.86. The molecule has 0 aromatic heterocycles. The number of Topliss-reactive ketones (excluding diaryl/α,β-unsaturated/α-hetero) is 1. The number of benzene rings is 4. The first-order valence-corrected chi connectivity index (χ1v) is 11.8. The van der Waals surface area contributed by atoms with Crippen LogP contribution in [0.3, 0.4) is 0 Å². The fourth-order valence-electron chi connectivity index (χ4n) is 5.92. The molecule has 0 heterocycles. The van der Waals surface area contributed by atoms with Gasteiger partial charge in [-0.15, -0.1) is 0 Å². The summed E-state index contributed by atoms with van der Waals surface area (Å²) >= 11 is 0. The lowest BCUT2D eigenvalue weighted by Gasteiger charge is -2.31. The van der Waals surface area contributed by atoms with E-state index in [2.05, 4.69) is 0 Å². The maximum absolute atomic E-state index is 14.4. The maximum atomic E-state index is 14.4. The van der Waals surface area contributed by atoms with E-state index in [0.717, 1.165) is 0 Å². The molecule has 0 aliphatic heterocycles. The van der Waals surface area contributed by atoms with E-state index >= 15 is 0 Å². The minimum atomic E-state index is -0.344. The van der Waals surface area contributed by atoms with Crippen LogP contribution in [0.5, 0.6) is 23.0 Å². The Morgan fingerprint density at radius 1 is 0.474 bits per heavy atom. The van der Waals surface area contributed by atoms with Gasteiger partial charge in [0, 0.05) is 33.0 Å². The standard InChI is InChI=1S/C30H24O8/c1-33-16-12-11-15-19-21-17(24(31)20(15)26(16)34-2)13-9-7-8-10-14(13)18-22(21)23(28(36-4)27(19)35-3)29(37-5)30(38-6)25(18)32/h7-12H,1-6H3. The van der Waals surface area contributed by atoms with Crippen molar-refractivity contribution in [1.82, 2.24) is 0 Å². The number of carbonyl (C=O) groups excluding carboxylic acids is 2. The van der Waals surface area contributed by atoms with Crippen molar-refractivity contribution in [1.29, 1.82) is 0 Å². The lowest BCUT2D eigenvalue weighted by molar-refractivity contribution is 0.0947. The van der Waals surface area contributed by atoms with Crippen molar-refractivity contribution in [2.75, 3.05) is 42.7 Å². The number of carbonyl (C=O) groups is 2. The van der Waals surface area contributed by atoms with Crippen molar-refractivity contribution >= 4 is 38.9 Å². The van der Waals surface area contributed by atoms with E-state index in [-0.39, 0.29) is 23.1 Å². The second-order valence-electron chi connectivity index (χ2n) is 8.81. The van der Waals surface area contributed by atoms with Gasteiger partial charge in [-0.25, -0.2) is 0 Å². The van der Waals surface area contributed by atoms with Gasteiger partial charge in [-0.2, -0.15) is 0 Å². The number of ketones is 2. The Labute approximate surface area is 218 Å². The Hall–Kier alpha value is -4.72. The van der Waals surface area contributed by atoms with Gasteiger partial charge in [0.2, 0.25) is 11.5 Å². The zero-order valence-electron chi connectivity index (χ0n) is 21.7. The zero-order valence-corrected chi connectivity index (χ0v) is 21.7. The third kappa shape index (κ3) is 2.69. The summed E-state index contributed by atoms with van der Waals surface area (Å²) in [5.74, 6) is 1.13. The van der Waals surface area contributed by atoms with Crippen LogP contribution in [0.15, 0.2) is 42.2 Å². The average molecular weight is 513 g/mol. The van der Waals surface area contributed by atoms with Crippen LogP contribution in [0, 0.1) is 0 Å². The van der Waals surface area contributed by atoms with Crippen LogP contribution in [0.2, 0.25) is 0 Å². The number of rotatable bonds is 6. The first-order valence-electron chi connectivity index (χ1n) is 11.8. The molecule has 4 aromatic carbocycles. The second-order valence-corrected chi connectivity index (χ2v) is 8.81. The molecule has 8 nitrogen and oxygen atoms in total. The third-order valence-corrected chi connectivity index (χ3v) is 7.33. The van der Waals surface area contributed by atoms with E-state index < -0.39 is 0 Å². The van der Waals surface area contributed by atoms with E-state index in [4.69, 9.17) is 28.4 Å². The molecule has 0 unspecified atom stereocenters. The predicted molar refractivity (Wildman–Crippen MR) is 142 cm³/mol. The number of allylic oxidation sites excluding steroid dienone is 1. The van der Waals surface area contributed by atoms with Crippen LogP contribution in [0.4, 0.5) is 0 Å². The number of hydrogen-bond acceptors (Lipinski definition) is 8. The molecule has 0 saturated heterocycles. The highest BCUT2D eigenvalue weighted by atomic mass is 16.5. The van der Waals surface area contributed by atoms with Crippen molar-refractivity contribution in [3.8, 4) is 34.1 Å².